The molecule has 1 aliphatic rings. The van der Waals surface area contributed by atoms with Gasteiger partial charge in [-0.25, -0.2) is 5.32 Å². The fourth-order valence-corrected chi connectivity index (χ4v) is 1.91. The molecule has 0 spiro atoms. The summed E-state index contributed by atoms with van der Waals surface area (Å²) < 4.78 is 16.1. The summed E-state index contributed by atoms with van der Waals surface area (Å²) in [5, 5.41) is 4.45. The second-order valence-corrected chi connectivity index (χ2v) is 4.03. The fourth-order valence-electron chi connectivity index (χ4n) is 1.91. The van der Waals surface area contributed by atoms with E-state index in [1.807, 2.05) is 18.2 Å². The molecular formula is C13H18NO3. The predicted octanol–water partition coefficient (Wildman–Crippen LogP) is 1.85. The molecule has 1 atom stereocenters. The molecule has 0 N–H and O–H groups in total. The zero-order valence-corrected chi connectivity index (χ0v) is 10.3. The molecule has 1 heterocycles. The highest BCUT2D eigenvalue weighted by Crippen LogP contribution is 2.31. The molecule has 4 heteroatoms. The van der Waals surface area contributed by atoms with Gasteiger partial charge in [-0.1, -0.05) is 0 Å². The van der Waals surface area contributed by atoms with Crippen molar-refractivity contribution in [2.75, 3.05) is 27.4 Å². The predicted molar refractivity (Wildman–Crippen MR) is 65.1 cm³/mol. The van der Waals surface area contributed by atoms with Gasteiger partial charge in [0.05, 0.1) is 20.3 Å². The van der Waals surface area contributed by atoms with Gasteiger partial charge in [-0.05, 0) is 25.0 Å². The molecule has 0 saturated carbocycles. The SMILES string of the molecule is COc1ccc(OCC2CCC[N]2)c(OC)c1. The Balaban J connectivity index is 1.98. The quantitative estimate of drug-likeness (QED) is 0.783. The number of benzene rings is 1. The van der Waals surface area contributed by atoms with Gasteiger partial charge in [-0.15, -0.1) is 0 Å². The van der Waals surface area contributed by atoms with Gasteiger partial charge in [0.15, 0.2) is 11.5 Å². The molecule has 0 aliphatic carbocycles. The average Bonchev–Trinajstić information content (AvgIpc) is 2.89. The monoisotopic (exact) mass is 236 g/mol. The highest BCUT2D eigenvalue weighted by molar-refractivity contribution is 5.45. The molecular weight excluding hydrogens is 218 g/mol. The smallest absolute Gasteiger partial charge is 0.164 e. The van der Waals surface area contributed by atoms with Crippen LogP contribution >= 0.6 is 0 Å². The summed E-state index contributed by atoms with van der Waals surface area (Å²) in [5.74, 6) is 2.21. The molecule has 1 unspecified atom stereocenters. The molecule has 2 rings (SSSR count). The van der Waals surface area contributed by atoms with Crippen LogP contribution in [0.4, 0.5) is 0 Å². The first kappa shape index (κ1) is 12.0. The van der Waals surface area contributed by atoms with E-state index in [9.17, 15) is 0 Å². The Kier molecular flexibility index (Phi) is 4.09. The summed E-state index contributed by atoms with van der Waals surface area (Å²) in [6, 6.07) is 5.89. The van der Waals surface area contributed by atoms with E-state index >= 15 is 0 Å². The van der Waals surface area contributed by atoms with Crippen LogP contribution < -0.4 is 19.5 Å². The van der Waals surface area contributed by atoms with Crippen molar-refractivity contribution < 1.29 is 14.2 Å². The molecule has 93 valence electrons. The summed E-state index contributed by atoms with van der Waals surface area (Å²) >= 11 is 0. The second kappa shape index (κ2) is 5.77. The van der Waals surface area contributed by atoms with Gasteiger partial charge in [-0.3, -0.25) is 0 Å². The standard InChI is InChI=1S/C13H18NO3/c1-15-11-5-6-12(13(8-11)16-2)17-9-10-4-3-7-14-10/h5-6,8,10H,3-4,7,9H2,1-2H3. The van der Waals surface area contributed by atoms with Crippen molar-refractivity contribution in [2.24, 2.45) is 0 Å². The maximum atomic E-state index is 5.74. The number of hydrogen-bond donors (Lipinski definition) is 0. The summed E-state index contributed by atoms with van der Waals surface area (Å²) in [7, 11) is 3.26. The molecule has 17 heavy (non-hydrogen) atoms. The van der Waals surface area contributed by atoms with Crippen LogP contribution in [0.1, 0.15) is 12.8 Å². The third-order valence-electron chi connectivity index (χ3n) is 2.88. The van der Waals surface area contributed by atoms with E-state index in [0.29, 0.717) is 18.4 Å². The van der Waals surface area contributed by atoms with Gasteiger partial charge in [-0.2, -0.15) is 0 Å². The molecule has 1 aromatic carbocycles. The van der Waals surface area contributed by atoms with Gasteiger partial charge in [0.2, 0.25) is 0 Å². The van der Waals surface area contributed by atoms with Crippen LogP contribution in [0.5, 0.6) is 17.2 Å². The van der Waals surface area contributed by atoms with Gasteiger partial charge in [0.25, 0.3) is 0 Å². The van der Waals surface area contributed by atoms with E-state index in [1.165, 1.54) is 6.42 Å². The molecule has 1 radical (unpaired) electrons. The van der Waals surface area contributed by atoms with Crippen molar-refractivity contribution in [1.82, 2.24) is 5.32 Å². The highest BCUT2D eigenvalue weighted by Gasteiger charge is 2.17. The Morgan fingerprint density at radius 1 is 1.24 bits per heavy atom. The fraction of sp³-hybridized carbons (Fsp3) is 0.538. The minimum Gasteiger partial charge on any atom is -0.497 e. The summed E-state index contributed by atoms with van der Waals surface area (Å²) in [5.41, 5.74) is 0. The molecule has 0 aromatic heterocycles. The van der Waals surface area contributed by atoms with Gasteiger partial charge < -0.3 is 14.2 Å². The van der Waals surface area contributed by atoms with E-state index in [2.05, 4.69) is 5.32 Å². The molecule has 1 aromatic rings. The van der Waals surface area contributed by atoms with E-state index in [1.54, 1.807) is 14.2 Å². The van der Waals surface area contributed by atoms with E-state index < -0.39 is 0 Å². The summed E-state index contributed by atoms with van der Waals surface area (Å²) in [6.07, 6.45) is 2.30. The minimum atomic E-state index is 0.335. The van der Waals surface area contributed by atoms with Crippen molar-refractivity contribution in [3.05, 3.63) is 18.2 Å². The zero-order valence-electron chi connectivity index (χ0n) is 10.3. The zero-order chi connectivity index (χ0) is 12.1. The largest absolute Gasteiger partial charge is 0.497 e. The number of hydrogen-bond acceptors (Lipinski definition) is 3. The van der Waals surface area contributed by atoms with Gasteiger partial charge in [0.1, 0.15) is 12.4 Å². The first-order valence-corrected chi connectivity index (χ1v) is 5.85. The third-order valence-corrected chi connectivity index (χ3v) is 2.88. The lowest BCUT2D eigenvalue weighted by molar-refractivity contribution is 0.260. The lowest BCUT2D eigenvalue weighted by Gasteiger charge is -2.14. The third kappa shape index (κ3) is 3.03. The normalized spacial score (nSPS) is 19.1. The summed E-state index contributed by atoms with van der Waals surface area (Å²) in [6.45, 7) is 1.59. The number of ether oxygens (including phenoxy) is 3. The van der Waals surface area contributed by atoms with Crippen LogP contribution in [-0.2, 0) is 0 Å². The first-order chi connectivity index (χ1) is 8.33. The summed E-state index contributed by atoms with van der Waals surface area (Å²) in [4.78, 5) is 0. The molecule has 1 saturated heterocycles. The van der Waals surface area contributed by atoms with Gasteiger partial charge >= 0.3 is 0 Å². The average molecular weight is 236 g/mol. The lowest BCUT2D eigenvalue weighted by Crippen LogP contribution is -2.22. The van der Waals surface area contributed by atoms with E-state index in [0.717, 1.165) is 24.5 Å². The van der Waals surface area contributed by atoms with E-state index in [4.69, 9.17) is 14.2 Å². The topological polar surface area (TPSA) is 41.8 Å². The number of rotatable bonds is 5. The van der Waals surface area contributed by atoms with Crippen LogP contribution in [0, 0.1) is 0 Å². The van der Waals surface area contributed by atoms with Crippen molar-refractivity contribution in [1.29, 1.82) is 0 Å². The first-order valence-electron chi connectivity index (χ1n) is 5.85. The molecule has 4 nitrogen and oxygen atoms in total. The maximum absolute atomic E-state index is 5.74. The Morgan fingerprint density at radius 3 is 2.76 bits per heavy atom. The van der Waals surface area contributed by atoms with E-state index in [-0.39, 0.29) is 0 Å². The Morgan fingerprint density at radius 2 is 2.12 bits per heavy atom. The van der Waals surface area contributed by atoms with Crippen LogP contribution in [0.15, 0.2) is 18.2 Å². The highest BCUT2D eigenvalue weighted by atomic mass is 16.5. The number of methoxy groups -OCH3 is 2. The van der Waals surface area contributed by atoms with Crippen LogP contribution in [0.2, 0.25) is 0 Å². The maximum Gasteiger partial charge on any atom is 0.164 e. The Labute approximate surface area is 102 Å². The van der Waals surface area contributed by atoms with Crippen LogP contribution in [0.3, 0.4) is 0 Å². The Bertz CT molecular complexity index is 362. The molecule has 1 aliphatic heterocycles. The second-order valence-electron chi connectivity index (χ2n) is 4.03. The van der Waals surface area contributed by atoms with Crippen LogP contribution in [-0.4, -0.2) is 33.4 Å². The number of nitrogens with zero attached hydrogens (tertiary/aromatic N) is 1. The lowest BCUT2D eigenvalue weighted by atomic mass is 10.2. The molecule has 1 fully saturated rings. The Hall–Kier alpha value is -1.42. The van der Waals surface area contributed by atoms with Crippen LogP contribution in [0.25, 0.3) is 0 Å². The molecule has 0 bridgehead atoms. The minimum absolute atomic E-state index is 0.335. The van der Waals surface area contributed by atoms with Crippen molar-refractivity contribution in [2.45, 2.75) is 18.9 Å². The van der Waals surface area contributed by atoms with Gasteiger partial charge in [0, 0.05) is 12.6 Å². The van der Waals surface area contributed by atoms with Crippen molar-refractivity contribution >= 4 is 0 Å². The molecule has 0 amide bonds. The van der Waals surface area contributed by atoms with Crippen molar-refractivity contribution in [3.63, 3.8) is 0 Å². The van der Waals surface area contributed by atoms with Crippen molar-refractivity contribution in [3.8, 4) is 17.2 Å².